The van der Waals surface area contributed by atoms with Crippen LogP contribution in [0.4, 0.5) is 0 Å². The van der Waals surface area contributed by atoms with E-state index in [-0.39, 0.29) is 0 Å². The Morgan fingerprint density at radius 2 is 2.12 bits per heavy atom. The molecule has 0 saturated carbocycles. The molecule has 0 atom stereocenters. The summed E-state index contributed by atoms with van der Waals surface area (Å²) in [4.78, 5) is 14.7. The fourth-order valence-corrected chi connectivity index (χ4v) is 1.70. The van der Waals surface area contributed by atoms with E-state index in [0.717, 1.165) is 23.0 Å². The Kier molecular flexibility index (Phi) is 2.81. The fraction of sp³-hybridized carbons (Fsp3) is 0.250. The van der Waals surface area contributed by atoms with Crippen LogP contribution in [0.3, 0.4) is 0 Å². The largest absolute Gasteiger partial charge is 0.298 e. The first-order chi connectivity index (χ1) is 7.70. The highest BCUT2D eigenvalue weighted by Crippen LogP contribution is 2.15. The second-order valence-corrected chi connectivity index (χ2v) is 3.85. The minimum absolute atomic E-state index is 0.646. The van der Waals surface area contributed by atoms with Crippen LogP contribution >= 0.6 is 0 Å². The lowest BCUT2D eigenvalue weighted by atomic mass is 10.0. The van der Waals surface area contributed by atoms with Crippen LogP contribution in [0.2, 0.25) is 0 Å². The Morgan fingerprint density at radius 1 is 1.31 bits per heavy atom. The van der Waals surface area contributed by atoms with Crippen molar-refractivity contribution in [3.63, 3.8) is 0 Å². The summed E-state index contributed by atoms with van der Waals surface area (Å²) < 4.78 is 1.74. The van der Waals surface area contributed by atoms with Crippen molar-refractivity contribution in [2.24, 2.45) is 0 Å². The van der Waals surface area contributed by atoms with Crippen LogP contribution < -0.4 is 0 Å². The topological polar surface area (TPSA) is 47.8 Å². The van der Waals surface area contributed by atoms with Crippen LogP contribution in [0, 0.1) is 13.8 Å². The van der Waals surface area contributed by atoms with E-state index in [9.17, 15) is 4.79 Å². The van der Waals surface area contributed by atoms with Crippen molar-refractivity contribution in [3.05, 3.63) is 47.0 Å². The first-order valence-corrected chi connectivity index (χ1v) is 5.08. The Hall–Kier alpha value is -1.97. The lowest BCUT2D eigenvalue weighted by Gasteiger charge is -2.08. The quantitative estimate of drug-likeness (QED) is 0.733. The molecule has 4 heteroatoms. The number of aldehydes is 1. The number of hydrogen-bond acceptors (Lipinski definition) is 3. The average Bonchev–Trinajstić information content (AvgIpc) is 2.75. The zero-order valence-electron chi connectivity index (χ0n) is 9.34. The van der Waals surface area contributed by atoms with Crippen LogP contribution in [-0.4, -0.2) is 21.1 Å². The van der Waals surface area contributed by atoms with Crippen LogP contribution in [0.15, 0.2) is 24.8 Å². The van der Waals surface area contributed by atoms with Gasteiger partial charge in [-0.05, 0) is 36.6 Å². The van der Waals surface area contributed by atoms with Crippen LogP contribution in [0.25, 0.3) is 0 Å². The predicted molar refractivity (Wildman–Crippen MR) is 60.4 cm³/mol. The van der Waals surface area contributed by atoms with Gasteiger partial charge in [0.05, 0.1) is 6.54 Å². The molecule has 0 aliphatic rings. The number of aryl methyl sites for hydroxylation is 2. The number of hydrogen-bond donors (Lipinski definition) is 0. The van der Waals surface area contributed by atoms with Gasteiger partial charge in [0.25, 0.3) is 0 Å². The van der Waals surface area contributed by atoms with E-state index in [2.05, 4.69) is 10.1 Å². The van der Waals surface area contributed by atoms with Gasteiger partial charge in [0.2, 0.25) is 0 Å². The summed E-state index contributed by atoms with van der Waals surface area (Å²) in [6.07, 6.45) is 4.06. The highest BCUT2D eigenvalue weighted by atomic mass is 16.1. The molecule has 2 rings (SSSR count). The lowest BCUT2D eigenvalue weighted by molar-refractivity contribution is 0.112. The van der Waals surface area contributed by atoms with E-state index in [0.29, 0.717) is 6.54 Å². The average molecular weight is 215 g/mol. The molecule has 1 heterocycles. The monoisotopic (exact) mass is 215 g/mol. The second kappa shape index (κ2) is 4.26. The van der Waals surface area contributed by atoms with Crippen molar-refractivity contribution in [3.8, 4) is 0 Å². The molecule has 0 amide bonds. The molecule has 0 radical (unpaired) electrons. The Morgan fingerprint density at radius 3 is 2.75 bits per heavy atom. The van der Waals surface area contributed by atoms with Crippen molar-refractivity contribution in [1.29, 1.82) is 0 Å². The summed E-state index contributed by atoms with van der Waals surface area (Å²) in [5.41, 5.74) is 4.01. The number of aromatic nitrogens is 3. The number of nitrogens with zero attached hydrogens (tertiary/aromatic N) is 3. The highest BCUT2D eigenvalue weighted by Gasteiger charge is 2.05. The zero-order chi connectivity index (χ0) is 11.5. The zero-order valence-corrected chi connectivity index (χ0v) is 9.34. The van der Waals surface area contributed by atoms with Crippen molar-refractivity contribution < 1.29 is 4.79 Å². The van der Waals surface area contributed by atoms with E-state index in [4.69, 9.17) is 0 Å². The van der Waals surface area contributed by atoms with Gasteiger partial charge in [0, 0.05) is 5.56 Å². The van der Waals surface area contributed by atoms with E-state index < -0.39 is 0 Å². The van der Waals surface area contributed by atoms with Gasteiger partial charge in [-0.25, -0.2) is 9.67 Å². The Labute approximate surface area is 93.9 Å². The molecule has 0 aliphatic heterocycles. The molecule has 4 nitrogen and oxygen atoms in total. The maximum atomic E-state index is 10.9. The Balaban J connectivity index is 2.37. The third kappa shape index (κ3) is 2.00. The van der Waals surface area contributed by atoms with Gasteiger partial charge < -0.3 is 0 Å². The molecule has 16 heavy (non-hydrogen) atoms. The fourth-order valence-electron chi connectivity index (χ4n) is 1.70. The molecule has 1 aromatic heterocycles. The second-order valence-electron chi connectivity index (χ2n) is 3.85. The van der Waals surface area contributed by atoms with Crippen molar-refractivity contribution in [1.82, 2.24) is 14.8 Å². The summed E-state index contributed by atoms with van der Waals surface area (Å²) in [6, 6.07) is 3.94. The SMILES string of the molecule is Cc1cc(C)c(Cn2cncn2)cc1C=O. The van der Waals surface area contributed by atoms with Gasteiger partial charge in [-0.3, -0.25) is 4.79 Å². The molecule has 0 N–H and O–H groups in total. The van der Waals surface area contributed by atoms with Crippen LogP contribution in [-0.2, 0) is 6.54 Å². The Bertz CT molecular complexity index is 503. The highest BCUT2D eigenvalue weighted by molar-refractivity contribution is 5.77. The third-order valence-electron chi connectivity index (χ3n) is 2.65. The van der Waals surface area contributed by atoms with Gasteiger partial charge in [-0.1, -0.05) is 6.07 Å². The number of rotatable bonds is 3. The first-order valence-electron chi connectivity index (χ1n) is 5.08. The smallest absolute Gasteiger partial charge is 0.150 e. The standard InChI is InChI=1S/C12H13N3O/c1-9-3-10(2)12(6-16)4-11(9)5-15-8-13-7-14-15/h3-4,6-8H,5H2,1-2H3. The summed E-state index contributed by atoms with van der Waals surface area (Å²) in [6.45, 7) is 4.62. The van der Waals surface area contributed by atoms with E-state index in [1.165, 1.54) is 11.9 Å². The molecule has 82 valence electrons. The molecular weight excluding hydrogens is 202 g/mol. The van der Waals surface area contributed by atoms with Gasteiger partial charge in [0.1, 0.15) is 18.9 Å². The first kappa shape index (κ1) is 10.5. The predicted octanol–water partition coefficient (Wildman–Crippen LogP) is 1.76. The van der Waals surface area contributed by atoms with Crippen molar-refractivity contribution in [2.75, 3.05) is 0 Å². The minimum Gasteiger partial charge on any atom is -0.298 e. The maximum absolute atomic E-state index is 10.9. The molecule has 0 saturated heterocycles. The van der Waals surface area contributed by atoms with Gasteiger partial charge in [-0.15, -0.1) is 0 Å². The lowest BCUT2D eigenvalue weighted by Crippen LogP contribution is -2.03. The minimum atomic E-state index is 0.646. The number of benzene rings is 1. The third-order valence-corrected chi connectivity index (χ3v) is 2.65. The van der Waals surface area contributed by atoms with Crippen molar-refractivity contribution >= 4 is 6.29 Å². The summed E-state index contributed by atoms with van der Waals surface area (Å²) in [5, 5.41) is 4.05. The van der Waals surface area contributed by atoms with Gasteiger partial charge in [0.15, 0.2) is 0 Å². The van der Waals surface area contributed by atoms with Crippen molar-refractivity contribution in [2.45, 2.75) is 20.4 Å². The molecule has 0 bridgehead atoms. The maximum Gasteiger partial charge on any atom is 0.150 e. The molecule has 0 unspecified atom stereocenters. The van der Waals surface area contributed by atoms with E-state index in [1.54, 1.807) is 11.0 Å². The normalized spacial score (nSPS) is 10.4. The van der Waals surface area contributed by atoms with Gasteiger partial charge in [-0.2, -0.15) is 5.10 Å². The molecule has 1 aromatic carbocycles. The summed E-state index contributed by atoms with van der Waals surface area (Å²) >= 11 is 0. The van der Waals surface area contributed by atoms with Gasteiger partial charge >= 0.3 is 0 Å². The summed E-state index contributed by atoms with van der Waals surface area (Å²) in [7, 11) is 0. The number of carbonyl (C=O) groups is 1. The van der Waals surface area contributed by atoms with E-state index >= 15 is 0 Å². The molecule has 0 fully saturated rings. The molecule has 0 spiro atoms. The van der Waals surface area contributed by atoms with Crippen LogP contribution in [0.5, 0.6) is 0 Å². The summed E-state index contributed by atoms with van der Waals surface area (Å²) in [5.74, 6) is 0. The molecular formula is C12H13N3O. The van der Waals surface area contributed by atoms with Crippen LogP contribution in [0.1, 0.15) is 27.0 Å². The molecule has 0 aliphatic carbocycles. The molecule has 2 aromatic rings. The number of carbonyl (C=O) groups excluding carboxylic acids is 1. The van der Waals surface area contributed by atoms with E-state index in [1.807, 2.05) is 26.0 Å².